The summed E-state index contributed by atoms with van der Waals surface area (Å²) < 4.78 is 31.0. The molecule has 0 spiro atoms. The summed E-state index contributed by atoms with van der Waals surface area (Å²) in [6.45, 7) is 26.2. The molecule has 1 heterocycles. The number of ether oxygens (including phenoxy) is 1. The van der Waals surface area contributed by atoms with Crippen molar-refractivity contribution in [1.29, 1.82) is 0 Å². The van der Waals surface area contributed by atoms with E-state index in [4.69, 9.17) is 22.4 Å². The maximum Gasteiger partial charge on any atom is 0.337 e. The minimum absolute atomic E-state index is 0.121. The first-order valence-electron chi connectivity index (χ1n) is 10.6. The highest BCUT2D eigenvalue weighted by atomic mass is 28.4. The van der Waals surface area contributed by atoms with Crippen LogP contribution in [0.2, 0.25) is 78.6 Å². The lowest BCUT2D eigenvalue weighted by Gasteiger charge is -2.34. The second-order valence-corrected chi connectivity index (χ2v) is 29.7. The normalized spacial score (nSPS) is 25.2. The Hall–Kier alpha value is 0.178. The number of esters is 1. The lowest BCUT2D eigenvalue weighted by atomic mass is 10.1. The van der Waals surface area contributed by atoms with Crippen molar-refractivity contribution >= 4 is 39.2 Å². The Labute approximate surface area is 182 Å². The fourth-order valence-electron chi connectivity index (χ4n) is 3.09. The van der Waals surface area contributed by atoms with E-state index in [0.29, 0.717) is 13.0 Å². The molecule has 0 unspecified atom stereocenters. The lowest BCUT2D eigenvalue weighted by Crippen LogP contribution is -2.48. The van der Waals surface area contributed by atoms with Gasteiger partial charge in [0.05, 0.1) is 12.7 Å². The maximum atomic E-state index is 12.7. The third kappa shape index (κ3) is 11.4. The maximum absolute atomic E-state index is 12.7. The minimum Gasteiger partial charge on any atom is -0.457 e. The van der Waals surface area contributed by atoms with Crippen molar-refractivity contribution in [1.82, 2.24) is 0 Å². The van der Waals surface area contributed by atoms with Crippen LogP contribution in [0.1, 0.15) is 6.42 Å². The molecule has 29 heavy (non-hydrogen) atoms. The Morgan fingerprint density at radius 2 is 1.31 bits per heavy atom. The van der Waals surface area contributed by atoms with Crippen LogP contribution in [0.3, 0.4) is 0 Å². The van der Waals surface area contributed by atoms with Crippen LogP contribution in [0, 0.1) is 0 Å². The van der Waals surface area contributed by atoms with Gasteiger partial charge in [-0.2, -0.15) is 0 Å². The minimum atomic E-state index is -1.94. The van der Waals surface area contributed by atoms with Crippen molar-refractivity contribution in [2.75, 3.05) is 6.61 Å². The molecule has 0 bridgehead atoms. The van der Waals surface area contributed by atoms with Crippen LogP contribution in [0.5, 0.6) is 0 Å². The molecule has 172 valence electrons. The molecule has 1 saturated heterocycles. The second kappa shape index (κ2) is 9.76. The predicted molar refractivity (Wildman–Crippen MR) is 128 cm³/mol. The molecule has 1 fully saturated rings. The van der Waals surface area contributed by atoms with Crippen LogP contribution in [0.15, 0.2) is 0 Å². The largest absolute Gasteiger partial charge is 0.457 e. The van der Waals surface area contributed by atoms with Crippen molar-refractivity contribution in [2.24, 2.45) is 0 Å². The monoisotopic (exact) mass is 480 g/mol. The molecular weight excluding hydrogens is 437 g/mol. The van der Waals surface area contributed by atoms with Gasteiger partial charge >= 0.3 is 5.97 Å². The molecule has 6 nitrogen and oxygen atoms in total. The summed E-state index contributed by atoms with van der Waals surface area (Å²) in [5.74, 6) is -0.307. The van der Waals surface area contributed by atoms with E-state index in [1.165, 1.54) is 0 Å². The number of rotatable bonds is 11. The molecule has 4 atom stereocenters. The van der Waals surface area contributed by atoms with E-state index in [-0.39, 0.29) is 24.3 Å². The van der Waals surface area contributed by atoms with Crippen molar-refractivity contribution in [3.05, 3.63) is 0 Å². The summed E-state index contributed by atoms with van der Waals surface area (Å²) >= 11 is 0. The predicted octanol–water partition coefficient (Wildman–Crippen LogP) is 4.81. The zero-order valence-electron chi connectivity index (χ0n) is 20.7. The SMILES string of the molecule is C[Si](C)(C)OC[C@H](C[C@H]1OC(=O)[C@H](O[Si](C)(C)C)[C@H]1O[Si](C)(C)C)O[Si](C)(C)C. The van der Waals surface area contributed by atoms with Gasteiger partial charge in [-0.3, -0.25) is 0 Å². The van der Waals surface area contributed by atoms with Crippen molar-refractivity contribution in [3.63, 3.8) is 0 Å². The molecule has 0 amide bonds. The molecule has 0 saturated carbocycles. The van der Waals surface area contributed by atoms with Gasteiger partial charge in [0.2, 0.25) is 0 Å². The van der Waals surface area contributed by atoms with Gasteiger partial charge < -0.3 is 22.4 Å². The molecule has 0 aromatic carbocycles. The Morgan fingerprint density at radius 1 is 0.793 bits per heavy atom. The van der Waals surface area contributed by atoms with Crippen LogP contribution in [-0.4, -0.2) is 70.3 Å². The van der Waals surface area contributed by atoms with Gasteiger partial charge in [-0.15, -0.1) is 0 Å². The van der Waals surface area contributed by atoms with E-state index in [1.54, 1.807) is 0 Å². The Balaban J connectivity index is 3.05. The number of carbonyl (C=O) groups excluding carboxylic acids is 1. The van der Waals surface area contributed by atoms with Crippen molar-refractivity contribution in [2.45, 2.75) is 109 Å². The average Bonchev–Trinajstić information content (AvgIpc) is 2.67. The molecule has 1 aliphatic heterocycles. The standard InChI is InChI=1S/C19H44O6Si4/c1-26(2,3)21-14-15(23-27(4,5)6)13-16-17(24-28(7,8)9)18(19(20)22-16)25-29(10,11)12/h15-18H,13-14H2,1-12H3/t15-,16+,17-,18+/m0/s1. The first kappa shape index (κ1) is 27.2. The summed E-state index contributed by atoms with van der Waals surface area (Å²) in [4.78, 5) is 12.7. The fraction of sp³-hybridized carbons (Fsp3) is 0.947. The fourth-order valence-corrected chi connectivity index (χ4v) is 7.02. The van der Waals surface area contributed by atoms with Gasteiger partial charge in [0, 0.05) is 6.42 Å². The first-order valence-corrected chi connectivity index (χ1v) is 24.3. The topological polar surface area (TPSA) is 63.2 Å². The van der Waals surface area contributed by atoms with Crippen LogP contribution in [0.4, 0.5) is 0 Å². The number of hydrogen-bond acceptors (Lipinski definition) is 6. The van der Waals surface area contributed by atoms with Gasteiger partial charge in [0.1, 0.15) is 12.2 Å². The summed E-state index contributed by atoms with van der Waals surface area (Å²) in [6, 6.07) is 0. The molecule has 1 aliphatic rings. The molecule has 10 heteroatoms. The van der Waals surface area contributed by atoms with Crippen molar-refractivity contribution in [3.8, 4) is 0 Å². The molecule has 0 radical (unpaired) electrons. The van der Waals surface area contributed by atoms with E-state index in [1.807, 2.05) is 0 Å². The van der Waals surface area contributed by atoms with Gasteiger partial charge in [-0.05, 0) is 78.6 Å². The molecule has 0 aromatic heterocycles. The van der Waals surface area contributed by atoms with Crippen LogP contribution < -0.4 is 0 Å². The van der Waals surface area contributed by atoms with E-state index in [0.717, 1.165) is 0 Å². The third-order valence-electron chi connectivity index (χ3n) is 3.85. The van der Waals surface area contributed by atoms with Crippen LogP contribution >= 0.6 is 0 Å². The highest BCUT2D eigenvalue weighted by Gasteiger charge is 2.50. The number of cyclic esters (lactones) is 1. The van der Waals surface area contributed by atoms with E-state index in [9.17, 15) is 4.79 Å². The highest BCUT2D eigenvalue weighted by molar-refractivity contribution is 6.71. The molecule has 0 aliphatic carbocycles. The van der Waals surface area contributed by atoms with Gasteiger partial charge in [0.25, 0.3) is 0 Å². The quantitative estimate of drug-likeness (QED) is 0.312. The van der Waals surface area contributed by atoms with E-state index < -0.39 is 39.4 Å². The van der Waals surface area contributed by atoms with Gasteiger partial charge in [-0.25, -0.2) is 4.79 Å². The number of carbonyl (C=O) groups is 1. The zero-order chi connectivity index (χ0) is 22.8. The zero-order valence-corrected chi connectivity index (χ0v) is 24.7. The Kier molecular flexibility index (Phi) is 9.16. The molecule has 0 N–H and O–H groups in total. The molecule has 1 rings (SSSR count). The average molecular weight is 481 g/mol. The molecular formula is C19H44O6Si4. The Bertz CT molecular complexity index is 545. The van der Waals surface area contributed by atoms with Gasteiger partial charge in [-0.1, -0.05) is 0 Å². The van der Waals surface area contributed by atoms with Gasteiger partial charge in [0.15, 0.2) is 39.4 Å². The van der Waals surface area contributed by atoms with E-state index >= 15 is 0 Å². The first-order chi connectivity index (χ1) is 12.8. The molecule has 0 aromatic rings. The summed E-state index contributed by atoms with van der Waals surface area (Å²) in [6.07, 6.45) is -0.961. The highest BCUT2D eigenvalue weighted by Crippen LogP contribution is 2.31. The second-order valence-electron chi connectivity index (χ2n) is 11.8. The third-order valence-corrected chi connectivity index (χ3v) is 7.87. The lowest BCUT2D eigenvalue weighted by molar-refractivity contribution is -0.147. The summed E-state index contributed by atoms with van der Waals surface area (Å²) in [7, 11) is -7.32. The summed E-state index contributed by atoms with van der Waals surface area (Å²) in [5.41, 5.74) is 0. The van der Waals surface area contributed by atoms with E-state index in [2.05, 4.69) is 78.6 Å². The summed E-state index contributed by atoms with van der Waals surface area (Å²) in [5, 5.41) is 0. The van der Waals surface area contributed by atoms with Crippen LogP contribution in [-0.2, 0) is 27.2 Å². The number of hydrogen-bond donors (Lipinski definition) is 0. The van der Waals surface area contributed by atoms with Crippen molar-refractivity contribution < 1.29 is 27.2 Å². The Morgan fingerprint density at radius 3 is 1.72 bits per heavy atom. The smallest absolute Gasteiger partial charge is 0.337 e. The van der Waals surface area contributed by atoms with Crippen LogP contribution in [0.25, 0.3) is 0 Å².